The summed E-state index contributed by atoms with van der Waals surface area (Å²) in [6.45, 7) is 1.79. The maximum Gasteiger partial charge on any atom is 0.233 e. The van der Waals surface area contributed by atoms with Gasteiger partial charge in [0.15, 0.2) is 5.82 Å². The van der Waals surface area contributed by atoms with Crippen molar-refractivity contribution < 1.29 is 8.42 Å². The van der Waals surface area contributed by atoms with Gasteiger partial charge >= 0.3 is 0 Å². The Morgan fingerprint density at radius 3 is 2.83 bits per heavy atom. The highest BCUT2D eigenvalue weighted by Crippen LogP contribution is 2.09. The van der Waals surface area contributed by atoms with Gasteiger partial charge in [-0.3, -0.25) is 4.72 Å². The second-order valence-corrected chi connectivity index (χ2v) is 5.36. The summed E-state index contributed by atoms with van der Waals surface area (Å²) in [6.07, 6.45) is 4.63. The normalized spacial score (nSPS) is 11.4. The summed E-state index contributed by atoms with van der Waals surface area (Å²) in [5, 5.41) is 3.90. The van der Waals surface area contributed by atoms with E-state index < -0.39 is 10.0 Å². The lowest BCUT2D eigenvalue weighted by atomic mass is 10.5. The van der Waals surface area contributed by atoms with E-state index in [4.69, 9.17) is 0 Å². The average Bonchev–Trinajstić information content (AvgIpc) is 2.81. The van der Waals surface area contributed by atoms with Crippen molar-refractivity contribution in [3.8, 4) is 5.82 Å². The monoisotopic (exact) mass is 268 g/mol. The summed E-state index contributed by atoms with van der Waals surface area (Å²) >= 11 is 0. The highest BCUT2D eigenvalue weighted by Gasteiger charge is 2.10. The highest BCUT2D eigenvalue weighted by molar-refractivity contribution is 7.92. The predicted molar refractivity (Wildman–Crippen MR) is 64.6 cm³/mol. The topological polar surface area (TPSA) is 103 Å². The van der Waals surface area contributed by atoms with Crippen LogP contribution in [0.25, 0.3) is 5.82 Å². The van der Waals surface area contributed by atoms with Crippen molar-refractivity contribution in [2.24, 2.45) is 0 Å². The molecule has 96 valence electrons. The third-order valence-electron chi connectivity index (χ3n) is 2.04. The second-order valence-electron chi connectivity index (χ2n) is 3.52. The SMILES string of the molecule is CCCS(=O)(=O)Nc1cc(-n2cncn2)ncn1. The number of hydrogen-bond acceptors (Lipinski definition) is 6. The minimum Gasteiger partial charge on any atom is -0.267 e. The van der Waals surface area contributed by atoms with E-state index in [9.17, 15) is 8.42 Å². The van der Waals surface area contributed by atoms with Crippen molar-refractivity contribution in [3.63, 3.8) is 0 Å². The van der Waals surface area contributed by atoms with Gasteiger partial charge in [0, 0.05) is 6.07 Å². The molecule has 0 radical (unpaired) electrons. The summed E-state index contributed by atoms with van der Waals surface area (Å²) in [5.41, 5.74) is 0. The van der Waals surface area contributed by atoms with Gasteiger partial charge in [-0.15, -0.1) is 0 Å². The van der Waals surface area contributed by atoms with Crippen LogP contribution in [0.5, 0.6) is 0 Å². The minimum atomic E-state index is -3.36. The number of nitrogens with zero attached hydrogens (tertiary/aromatic N) is 5. The molecule has 0 saturated heterocycles. The van der Waals surface area contributed by atoms with E-state index in [1.54, 1.807) is 6.92 Å². The van der Waals surface area contributed by atoms with Gasteiger partial charge in [0.25, 0.3) is 0 Å². The molecule has 0 aliphatic rings. The van der Waals surface area contributed by atoms with Crippen LogP contribution in [0.4, 0.5) is 5.82 Å². The number of sulfonamides is 1. The Hall–Kier alpha value is -2.03. The first kappa shape index (κ1) is 12.4. The fourth-order valence-electron chi connectivity index (χ4n) is 1.33. The van der Waals surface area contributed by atoms with Crippen LogP contribution in [0.2, 0.25) is 0 Å². The molecule has 18 heavy (non-hydrogen) atoms. The molecule has 0 aliphatic heterocycles. The lowest BCUT2D eigenvalue weighted by Crippen LogP contribution is -2.17. The van der Waals surface area contributed by atoms with E-state index >= 15 is 0 Å². The largest absolute Gasteiger partial charge is 0.267 e. The van der Waals surface area contributed by atoms with E-state index in [2.05, 4.69) is 24.8 Å². The molecule has 2 heterocycles. The molecule has 2 aromatic heterocycles. The van der Waals surface area contributed by atoms with Crippen LogP contribution in [0, 0.1) is 0 Å². The Morgan fingerprint density at radius 2 is 2.17 bits per heavy atom. The maximum absolute atomic E-state index is 11.6. The van der Waals surface area contributed by atoms with Crippen molar-refractivity contribution >= 4 is 15.8 Å². The van der Waals surface area contributed by atoms with Crippen LogP contribution in [0.15, 0.2) is 25.0 Å². The van der Waals surface area contributed by atoms with E-state index in [0.29, 0.717) is 12.2 Å². The van der Waals surface area contributed by atoms with Crippen LogP contribution in [0.3, 0.4) is 0 Å². The molecule has 0 spiro atoms. The van der Waals surface area contributed by atoms with Gasteiger partial charge in [-0.25, -0.2) is 28.1 Å². The molecule has 0 fully saturated rings. The Morgan fingerprint density at radius 1 is 1.33 bits per heavy atom. The fraction of sp³-hybridized carbons (Fsp3) is 0.333. The van der Waals surface area contributed by atoms with E-state index in [1.165, 1.54) is 29.7 Å². The first-order valence-corrected chi connectivity index (χ1v) is 6.93. The fourth-order valence-corrected chi connectivity index (χ4v) is 2.40. The van der Waals surface area contributed by atoms with Gasteiger partial charge in [-0.05, 0) is 6.42 Å². The van der Waals surface area contributed by atoms with Crippen LogP contribution < -0.4 is 4.72 Å². The Kier molecular flexibility index (Phi) is 3.51. The molecule has 0 unspecified atom stereocenters. The Bertz CT molecular complexity index is 610. The number of nitrogens with one attached hydrogen (secondary N) is 1. The molecular formula is C9H12N6O2S. The molecule has 2 rings (SSSR count). The van der Waals surface area contributed by atoms with Gasteiger partial charge in [0.1, 0.15) is 24.8 Å². The smallest absolute Gasteiger partial charge is 0.233 e. The van der Waals surface area contributed by atoms with Crippen LogP contribution in [-0.4, -0.2) is 38.9 Å². The molecule has 0 atom stereocenters. The van der Waals surface area contributed by atoms with Gasteiger partial charge in [0.05, 0.1) is 5.75 Å². The molecule has 0 aromatic carbocycles. The minimum absolute atomic E-state index is 0.0513. The third kappa shape index (κ3) is 3.00. The molecule has 9 heteroatoms. The summed E-state index contributed by atoms with van der Waals surface area (Å²) in [5.74, 6) is 0.705. The molecule has 1 N–H and O–H groups in total. The van der Waals surface area contributed by atoms with Crippen molar-refractivity contribution in [2.75, 3.05) is 10.5 Å². The molecule has 0 saturated carbocycles. The number of rotatable bonds is 5. The van der Waals surface area contributed by atoms with E-state index in [1.807, 2.05) is 0 Å². The summed E-state index contributed by atoms with van der Waals surface area (Å²) < 4.78 is 27.0. The van der Waals surface area contributed by atoms with Gasteiger partial charge in [-0.1, -0.05) is 6.92 Å². The zero-order valence-corrected chi connectivity index (χ0v) is 10.5. The highest BCUT2D eigenvalue weighted by atomic mass is 32.2. The number of hydrogen-bond donors (Lipinski definition) is 1. The van der Waals surface area contributed by atoms with Gasteiger partial charge < -0.3 is 0 Å². The molecule has 2 aromatic rings. The maximum atomic E-state index is 11.6. The summed E-state index contributed by atoms with van der Waals surface area (Å²) in [7, 11) is -3.36. The number of aromatic nitrogens is 5. The second kappa shape index (κ2) is 5.08. The molecule has 0 amide bonds. The summed E-state index contributed by atoms with van der Waals surface area (Å²) in [4.78, 5) is 11.6. The van der Waals surface area contributed by atoms with Crippen LogP contribution >= 0.6 is 0 Å². The zero-order valence-electron chi connectivity index (χ0n) is 9.68. The lowest BCUT2D eigenvalue weighted by molar-refractivity contribution is 0.599. The van der Waals surface area contributed by atoms with Crippen LogP contribution in [0.1, 0.15) is 13.3 Å². The summed E-state index contributed by atoms with van der Waals surface area (Å²) in [6, 6.07) is 1.49. The zero-order chi connectivity index (χ0) is 13.0. The molecule has 0 aliphatic carbocycles. The molecule has 0 bridgehead atoms. The van der Waals surface area contributed by atoms with Crippen LogP contribution in [-0.2, 0) is 10.0 Å². The Labute approximate surface area is 104 Å². The van der Waals surface area contributed by atoms with Crippen molar-refractivity contribution in [3.05, 3.63) is 25.0 Å². The third-order valence-corrected chi connectivity index (χ3v) is 3.50. The standard InChI is InChI=1S/C9H12N6O2S/c1-2-3-18(16,17)14-8-4-9(12-6-11-8)15-7-10-5-13-15/h4-7H,2-3H2,1H3,(H,11,12,14). The van der Waals surface area contributed by atoms with Crippen molar-refractivity contribution in [2.45, 2.75) is 13.3 Å². The first-order valence-electron chi connectivity index (χ1n) is 5.28. The molecular weight excluding hydrogens is 256 g/mol. The first-order chi connectivity index (χ1) is 8.61. The Balaban J connectivity index is 2.23. The van der Waals surface area contributed by atoms with E-state index in [0.717, 1.165) is 0 Å². The lowest BCUT2D eigenvalue weighted by Gasteiger charge is -2.06. The van der Waals surface area contributed by atoms with Crippen molar-refractivity contribution in [1.29, 1.82) is 0 Å². The predicted octanol–water partition coefficient (Wildman–Crippen LogP) is 0.209. The van der Waals surface area contributed by atoms with E-state index in [-0.39, 0.29) is 11.6 Å². The average molecular weight is 268 g/mol. The molecule has 8 nitrogen and oxygen atoms in total. The van der Waals surface area contributed by atoms with Gasteiger partial charge in [0.2, 0.25) is 10.0 Å². The van der Waals surface area contributed by atoms with Crippen molar-refractivity contribution in [1.82, 2.24) is 24.7 Å². The van der Waals surface area contributed by atoms with Gasteiger partial charge in [-0.2, -0.15) is 5.10 Å². The number of anilines is 1. The quantitative estimate of drug-likeness (QED) is 0.831.